The molecule has 2 heterocycles. The molecular formula is C51H33N3O. The Kier molecular flexibility index (Phi) is 8.12. The topological polar surface area (TPSA) is 51.8 Å². The molecule has 55 heavy (non-hydrogen) atoms. The predicted molar refractivity (Wildman–Crippen MR) is 225 cm³/mol. The van der Waals surface area contributed by atoms with Crippen LogP contribution in [-0.2, 0) is 0 Å². The van der Waals surface area contributed by atoms with E-state index in [9.17, 15) is 0 Å². The van der Waals surface area contributed by atoms with Crippen molar-refractivity contribution in [1.82, 2.24) is 15.0 Å². The Morgan fingerprint density at radius 1 is 0.273 bits per heavy atom. The molecule has 10 rings (SSSR count). The van der Waals surface area contributed by atoms with Crippen molar-refractivity contribution in [3.8, 4) is 78.7 Å². The third-order valence-electron chi connectivity index (χ3n) is 10.2. The van der Waals surface area contributed by atoms with Crippen LogP contribution in [0.15, 0.2) is 205 Å². The fourth-order valence-corrected chi connectivity index (χ4v) is 7.43. The lowest BCUT2D eigenvalue weighted by atomic mass is 9.98. The second-order valence-corrected chi connectivity index (χ2v) is 13.6. The molecule has 0 atom stereocenters. The zero-order valence-electron chi connectivity index (χ0n) is 29.8. The lowest BCUT2D eigenvalue weighted by Crippen LogP contribution is -2.01. The number of fused-ring (bicyclic) bond motifs is 3. The van der Waals surface area contributed by atoms with Crippen molar-refractivity contribution in [2.24, 2.45) is 0 Å². The van der Waals surface area contributed by atoms with Gasteiger partial charge in [-0.1, -0.05) is 182 Å². The molecule has 0 amide bonds. The molecule has 10 aromatic rings. The van der Waals surface area contributed by atoms with Crippen LogP contribution in [0.25, 0.3) is 101 Å². The second-order valence-electron chi connectivity index (χ2n) is 13.6. The Balaban J connectivity index is 1.11. The van der Waals surface area contributed by atoms with E-state index in [1.54, 1.807) is 0 Å². The monoisotopic (exact) mass is 703 g/mol. The molecule has 0 unspecified atom stereocenters. The Labute approximate surface area is 319 Å². The van der Waals surface area contributed by atoms with Gasteiger partial charge in [-0.05, 0) is 57.1 Å². The zero-order valence-corrected chi connectivity index (χ0v) is 29.8. The van der Waals surface area contributed by atoms with Crippen LogP contribution in [0.2, 0.25) is 0 Å². The summed E-state index contributed by atoms with van der Waals surface area (Å²) >= 11 is 0. The summed E-state index contributed by atoms with van der Waals surface area (Å²) in [4.78, 5) is 15.6. The van der Waals surface area contributed by atoms with Crippen molar-refractivity contribution in [1.29, 1.82) is 0 Å². The average Bonchev–Trinajstić information content (AvgIpc) is 3.66. The highest BCUT2D eigenvalue weighted by molar-refractivity contribution is 6.09. The highest BCUT2D eigenvalue weighted by Gasteiger charge is 2.18. The van der Waals surface area contributed by atoms with E-state index in [1.807, 2.05) is 36.4 Å². The molecule has 0 aliphatic carbocycles. The van der Waals surface area contributed by atoms with Crippen molar-refractivity contribution in [3.05, 3.63) is 200 Å². The van der Waals surface area contributed by atoms with E-state index >= 15 is 0 Å². The van der Waals surface area contributed by atoms with Gasteiger partial charge in [-0.15, -0.1) is 0 Å². The van der Waals surface area contributed by atoms with Crippen LogP contribution in [0.3, 0.4) is 0 Å². The normalized spacial score (nSPS) is 11.3. The predicted octanol–water partition coefficient (Wildman–Crippen LogP) is 13.4. The van der Waals surface area contributed by atoms with Crippen molar-refractivity contribution < 1.29 is 4.42 Å². The average molecular weight is 704 g/mol. The van der Waals surface area contributed by atoms with Crippen molar-refractivity contribution >= 4 is 21.9 Å². The van der Waals surface area contributed by atoms with Gasteiger partial charge < -0.3 is 4.42 Å². The van der Waals surface area contributed by atoms with Crippen molar-refractivity contribution in [2.45, 2.75) is 0 Å². The van der Waals surface area contributed by atoms with E-state index in [-0.39, 0.29) is 0 Å². The molecule has 0 saturated heterocycles. The number of para-hydroxylation sites is 2. The standard InChI is InChI=1S/C51H33N3O/c1-3-14-34(15-4-1)35-28-30-36(31-29-35)38-18-11-20-40(32-38)49-52-50(54-51(53-49)46-24-8-7-22-42(46)37-16-5-2-6-17-37)41-21-12-19-39(33-41)43-25-13-26-45-44-23-9-10-27-47(44)55-48(43)45/h1-33H. The molecule has 4 heteroatoms. The molecule has 4 nitrogen and oxygen atoms in total. The van der Waals surface area contributed by atoms with Gasteiger partial charge in [0.15, 0.2) is 17.5 Å². The first-order valence-corrected chi connectivity index (χ1v) is 18.4. The number of benzene rings is 8. The van der Waals surface area contributed by atoms with Gasteiger partial charge in [0.1, 0.15) is 11.2 Å². The minimum Gasteiger partial charge on any atom is -0.455 e. The first kappa shape index (κ1) is 32.2. The van der Waals surface area contributed by atoms with Gasteiger partial charge in [-0.3, -0.25) is 0 Å². The van der Waals surface area contributed by atoms with Crippen LogP contribution < -0.4 is 0 Å². The van der Waals surface area contributed by atoms with Crippen molar-refractivity contribution in [2.75, 3.05) is 0 Å². The maximum Gasteiger partial charge on any atom is 0.164 e. The molecular weight excluding hydrogens is 671 g/mol. The van der Waals surface area contributed by atoms with Crippen molar-refractivity contribution in [3.63, 3.8) is 0 Å². The van der Waals surface area contributed by atoms with Crippen LogP contribution in [0, 0.1) is 0 Å². The third kappa shape index (κ3) is 6.16. The molecule has 0 aliphatic heterocycles. The van der Waals surface area contributed by atoms with Crippen LogP contribution in [-0.4, -0.2) is 15.0 Å². The maximum absolute atomic E-state index is 6.43. The highest BCUT2D eigenvalue weighted by atomic mass is 16.3. The fourth-order valence-electron chi connectivity index (χ4n) is 7.43. The van der Waals surface area contributed by atoms with Crippen LogP contribution in [0.1, 0.15) is 0 Å². The van der Waals surface area contributed by atoms with Crippen LogP contribution in [0.4, 0.5) is 0 Å². The van der Waals surface area contributed by atoms with E-state index in [1.165, 1.54) is 11.1 Å². The van der Waals surface area contributed by atoms with Gasteiger partial charge in [-0.25, -0.2) is 15.0 Å². The van der Waals surface area contributed by atoms with Gasteiger partial charge in [0.2, 0.25) is 0 Å². The van der Waals surface area contributed by atoms with E-state index in [0.717, 1.165) is 72.0 Å². The number of hydrogen-bond acceptors (Lipinski definition) is 4. The number of rotatable bonds is 7. The Morgan fingerprint density at radius 3 is 1.45 bits per heavy atom. The number of hydrogen-bond donors (Lipinski definition) is 0. The molecule has 0 radical (unpaired) electrons. The summed E-state index contributed by atoms with van der Waals surface area (Å²) in [5.41, 5.74) is 13.3. The summed E-state index contributed by atoms with van der Waals surface area (Å²) in [6.45, 7) is 0. The largest absolute Gasteiger partial charge is 0.455 e. The highest BCUT2D eigenvalue weighted by Crippen LogP contribution is 2.38. The quantitative estimate of drug-likeness (QED) is 0.166. The third-order valence-corrected chi connectivity index (χ3v) is 10.2. The van der Waals surface area contributed by atoms with Gasteiger partial charge in [-0.2, -0.15) is 0 Å². The van der Waals surface area contributed by atoms with Gasteiger partial charge in [0, 0.05) is 33.0 Å². The maximum atomic E-state index is 6.43. The summed E-state index contributed by atoms with van der Waals surface area (Å²) in [7, 11) is 0. The summed E-state index contributed by atoms with van der Waals surface area (Å²) in [5.74, 6) is 1.82. The van der Waals surface area contributed by atoms with Crippen LogP contribution >= 0.6 is 0 Å². The number of nitrogens with zero attached hydrogens (tertiary/aromatic N) is 3. The smallest absolute Gasteiger partial charge is 0.164 e. The summed E-state index contributed by atoms with van der Waals surface area (Å²) in [6, 6.07) is 69.2. The van der Waals surface area contributed by atoms with E-state index in [2.05, 4.69) is 164 Å². The van der Waals surface area contributed by atoms with Gasteiger partial charge >= 0.3 is 0 Å². The van der Waals surface area contributed by atoms with E-state index in [4.69, 9.17) is 19.4 Å². The summed E-state index contributed by atoms with van der Waals surface area (Å²) in [5, 5.41) is 2.20. The summed E-state index contributed by atoms with van der Waals surface area (Å²) in [6.07, 6.45) is 0. The first-order valence-electron chi connectivity index (χ1n) is 18.4. The summed E-state index contributed by atoms with van der Waals surface area (Å²) < 4.78 is 6.43. The minimum absolute atomic E-state index is 0.596. The van der Waals surface area contributed by atoms with Crippen LogP contribution in [0.5, 0.6) is 0 Å². The second kappa shape index (κ2) is 13.8. The zero-order chi connectivity index (χ0) is 36.6. The first-order chi connectivity index (χ1) is 27.2. The molecule has 0 N–H and O–H groups in total. The minimum atomic E-state index is 0.596. The Hall–Kier alpha value is -7.43. The van der Waals surface area contributed by atoms with Gasteiger partial charge in [0.25, 0.3) is 0 Å². The van der Waals surface area contributed by atoms with Gasteiger partial charge in [0.05, 0.1) is 0 Å². The molecule has 0 aliphatic rings. The van der Waals surface area contributed by atoms with E-state index < -0.39 is 0 Å². The number of aromatic nitrogens is 3. The lowest BCUT2D eigenvalue weighted by molar-refractivity contribution is 0.670. The molecule has 0 saturated carbocycles. The SMILES string of the molecule is c1ccc(-c2ccc(-c3cccc(-c4nc(-c5cccc(-c6cccc7c6oc6ccccc67)c5)nc(-c5ccccc5-c5ccccc5)n4)c3)cc2)cc1. The Bertz CT molecular complexity index is 2970. The molecule has 0 spiro atoms. The van der Waals surface area contributed by atoms with E-state index in [0.29, 0.717) is 17.5 Å². The lowest BCUT2D eigenvalue weighted by Gasteiger charge is -2.13. The molecule has 0 bridgehead atoms. The molecule has 8 aromatic carbocycles. The fraction of sp³-hybridized carbons (Fsp3) is 0. The Morgan fingerprint density at radius 2 is 0.727 bits per heavy atom. The molecule has 258 valence electrons. The molecule has 2 aromatic heterocycles. The number of furan rings is 1. The molecule has 0 fully saturated rings.